The normalized spacial score (nSPS) is 18.6. The molecule has 1 fully saturated rings. The minimum Gasteiger partial charge on any atom is -0.383 e. The molecule has 6 nitrogen and oxygen atoms in total. The van der Waals surface area contributed by atoms with Gasteiger partial charge in [0.2, 0.25) is 5.91 Å². The molecule has 0 aliphatic carbocycles. The number of aryl methyl sites for hydroxylation is 1. The number of hydrogen-bond donors (Lipinski definition) is 2. The minimum atomic E-state index is 0.0761. The largest absolute Gasteiger partial charge is 0.383 e. The molecule has 0 aromatic carbocycles. The molecule has 21 heavy (non-hydrogen) atoms. The van der Waals surface area contributed by atoms with Crippen molar-refractivity contribution >= 4 is 5.91 Å². The molecule has 0 saturated carbocycles. The van der Waals surface area contributed by atoms with E-state index in [0.717, 1.165) is 43.9 Å². The molecule has 1 aromatic heterocycles. The van der Waals surface area contributed by atoms with E-state index in [1.165, 1.54) is 0 Å². The second-order valence-corrected chi connectivity index (χ2v) is 5.89. The number of carbonyl (C=O) groups excluding carboxylic acids is 1. The number of nitrogens with zero attached hydrogens (tertiary/aromatic N) is 2. The topological polar surface area (TPSA) is 70.2 Å². The Morgan fingerprint density at radius 3 is 2.86 bits per heavy atom. The lowest BCUT2D eigenvalue weighted by Crippen LogP contribution is -2.44. The van der Waals surface area contributed by atoms with Crippen LogP contribution in [0.2, 0.25) is 0 Å². The number of likely N-dealkylation sites (tertiary alicyclic amines) is 1. The lowest BCUT2D eigenvalue weighted by Gasteiger charge is -2.31. The number of ether oxygens (including phenoxy) is 1. The van der Waals surface area contributed by atoms with E-state index in [2.05, 4.69) is 20.2 Å². The van der Waals surface area contributed by atoms with Crippen molar-refractivity contribution in [2.75, 3.05) is 26.8 Å². The van der Waals surface area contributed by atoms with Crippen LogP contribution in [0.5, 0.6) is 0 Å². The molecule has 0 bridgehead atoms. The van der Waals surface area contributed by atoms with Crippen LogP contribution in [0.1, 0.15) is 31.2 Å². The van der Waals surface area contributed by atoms with Crippen molar-refractivity contribution in [1.82, 2.24) is 20.2 Å². The van der Waals surface area contributed by atoms with Gasteiger partial charge in [0, 0.05) is 31.3 Å². The second kappa shape index (κ2) is 7.56. The van der Waals surface area contributed by atoms with Crippen molar-refractivity contribution in [3.05, 3.63) is 17.7 Å². The number of rotatable bonds is 6. The maximum atomic E-state index is 12.2. The average molecular weight is 294 g/mol. The van der Waals surface area contributed by atoms with E-state index in [4.69, 9.17) is 4.74 Å². The second-order valence-electron chi connectivity index (χ2n) is 5.89. The third kappa shape index (κ3) is 4.54. The maximum Gasteiger partial charge on any atom is 0.223 e. The van der Waals surface area contributed by atoms with Gasteiger partial charge >= 0.3 is 0 Å². The highest BCUT2D eigenvalue weighted by atomic mass is 16.5. The molecule has 1 amide bonds. The first-order valence-electron chi connectivity index (χ1n) is 7.60. The zero-order chi connectivity index (χ0) is 15.2. The number of methoxy groups -OCH3 is 1. The standard InChI is InChI=1S/C15H26N4O2/c1-11(9-21-3)18-15(20)13-4-6-19(7-5-13)8-14-12(2)16-10-17-14/h10-11,13H,4-9H2,1-3H3,(H,16,17)(H,18,20)/t11-/m1/s1. The number of amides is 1. The molecule has 1 aliphatic heterocycles. The Labute approximate surface area is 126 Å². The molecule has 1 saturated heterocycles. The van der Waals surface area contributed by atoms with Gasteiger partial charge in [-0.3, -0.25) is 9.69 Å². The molecule has 1 aliphatic rings. The summed E-state index contributed by atoms with van der Waals surface area (Å²) in [4.78, 5) is 22.0. The van der Waals surface area contributed by atoms with E-state index >= 15 is 0 Å². The van der Waals surface area contributed by atoms with E-state index in [9.17, 15) is 4.79 Å². The summed E-state index contributed by atoms with van der Waals surface area (Å²) in [5.41, 5.74) is 2.23. The molecular weight excluding hydrogens is 268 g/mol. The Bertz CT molecular complexity index is 452. The van der Waals surface area contributed by atoms with Crippen molar-refractivity contribution in [2.45, 2.75) is 39.3 Å². The third-order valence-corrected chi connectivity index (χ3v) is 4.07. The van der Waals surface area contributed by atoms with Crippen molar-refractivity contribution in [2.24, 2.45) is 5.92 Å². The van der Waals surface area contributed by atoms with E-state index in [0.29, 0.717) is 6.61 Å². The Balaban J connectivity index is 1.75. The average Bonchev–Trinajstić information content (AvgIpc) is 2.85. The SMILES string of the molecule is COC[C@@H](C)NC(=O)C1CCN(Cc2nc[nH]c2C)CC1. The quantitative estimate of drug-likeness (QED) is 0.824. The Hall–Kier alpha value is -1.40. The van der Waals surface area contributed by atoms with Gasteiger partial charge in [0.05, 0.1) is 18.6 Å². The van der Waals surface area contributed by atoms with E-state index in [1.54, 1.807) is 13.4 Å². The van der Waals surface area contributed by atoms with E-state index in [1.807, 2.05) is 13.8 Å². The minimum absolute atomic E-state index is 0.0761. The summed E-state index contributed by atoms with van der Waals surface area (Å²) in [5.74, 6) is 0.288. The fraction of sp³-hybridized carbons (Fsp3) is 0.733. The number of aromatic amines is 1. The fourth-order valence-electron chi connectivity index (χ4n) is 2.76. The number of nitrogens with one attached hydrogen (secondary N) is 2. The van der Waals surface area contributed by atoms with Crippen LogP contribution in [0.4, 0.5) is 0 Å². The highest BCUT2D eigenvalue weighted by Crippen LogP contribution is 2.19. The molecule has 1 aromatic rings. The summed E-state index contributed by atoms with van der Waals surface area (Å²) in [6, 6.07) is 0.0761. The molecule has 6 heteroatoms. The summed E-state index contributed by atoms with van der Waals surface area (Å²) >= 11 is 0. The lowest BCUT2D eigenvalue weighted by molar-refractivity contribution is -0.127. The maximum absolute atomic E-state index is 12.2. The Morgan fingerprint density at radius 1 is 1.57 bits per heavy atom. The molecule has 0 spiro atoms. The zero-order valence-electron chi connectivity index (χ0n) is 13.2. The predicted octanol–water partition coefficient (Wildman–Crippen LogP) is 1.08. The molecule has 2 N–H and O–H groups in total. The number of imidazole rings is 1. The van der Waals surface area contributed by atoms with Crippen LogP contribution < -0.4 is 5.32 Å². The third-order valence-electron chi connectivity index (χ3n) is 4.07. The van der Waals surface area contributed by atoms with Crippen LogP contribution in [0.3, 0.4) is 0 Å². The summed E-state index contributed by atoms with van der Waals surface area (Å²) in [5, 5.41) is 3.02. The van der Waals surface area contributed by atoms with Gasteiger partial charge < -0.3 is 15.0 Å². The van der Waals surface area contributed by atoms with Gasteiger partial charge in [-0.1, -0.05) is 0 Å². The van der Waals surface area contributed by atoms with Gasteiger partial charge in [-0.2, -0.15) is 0 Å². The Kier molecular flexibility index (Phi) is 5.76. The number of carbonyl (C=O) groups is 1. The van der Waals surface area contributed by atoms with Crippen LogP contribution >= 0.6 is 0 Å². The van der Waals surface area contributed by atoms with Gasteiger partial charge in [-0.05, 0) is 39.8 Å². The highest BCUT2D eigenvalue weighted by molar-refractivity contribution is 5.79. The molecule has 1 atom stereocenters. The Morgan fingerprint density at radius 2 is 2.29 bits per heavy atom. The number of H-pyrrole nitrogens is 1. The van der Waals surface area contributed by atoms with Crippen molar-refractivity contribution < 1.29 is 9.53 Å². The zero-order valence-corrected chi connectivity index (χ0v) is 13.2. The monoisotopic (exact) mass is 294 g/mol. The molecule has 0 radical (unpaired) electrons. The van der Waals surface area contributed by atoms with Gasteiger partial charge in [0.25, 0.3) is 0 Å². The first-order valence-corrected chi connectivity index (χ1v) is 7.60. The smallest absolute Gasteiger partial charge is 0.223 e. The lowest BCUT2D eigenvalue weighted by atomic mass is 9.95. The van der Waals surface area contributed by atoms with Crippen LogP contribution in [-0.2, 0) is 16.1 Å². The number of piperidine rings is 1. The van der Waals surface area contributed by atoms with Gasteiger partial charge in [-0.25, -0.2) is 4.98 Å². The summed E-state index contributed by atoms with van der Waals surface area (Å²) in [7, 11) is 1.65. The molecule has 2 rings (SSSR count). The van der Waals surface area contributed by atoms with Crippen LogP contribution in [-0.4, -0.2) is 53.6 Å². The number of hydrogen-bond acceptors (Lipinski definition) is 4. The first kappa shape index (κ1) is 16.0. The van der Waals surface area contributed by atoms with Crippen molar-refractivity contribution in [3.8, 4) is 0 Å². The van der Waals surface area contributed by atoms with Gasteiger partial charge in [0.1, 0.15) is 0 Å². The van der Waals surface area contributed by atoms with Gasteiger partial charge in [-0.15, -0.1) is 0 Å². The first-order chi connectivity index (χ1) is 10.1. The van der Waals surface area contributed by atoms with Gasteiger partial charge in [0.15, 0.2) is 0 Å². The van der Waals surface area contributed by atoms with E-state index < -0.39 is 0 Å². The molecular formula is C15H26N4O2. The fourth-order valence-corrected chi connectivity index (χ4v) is 2.76. The van der Waals surface area contributed by atoms with Crippen LogP contribution in [0, 0.1) is 12.8 Å². The summed E-state index contributed by atoms with van der Waals surface area (Å²) in [6.45, 7) is 7.33. The number of aromatic nitrogens is 2. The highest BCUT2D eigenvalue weighted by Gasteiger charge is 2.26. The molecule has 0 unspecified atom stereocenters. The van der Waals surface area contributed by atoms with Crippen molar-refractivity contribution in [1.29, 1.82) is 0 Å². The predicted molar refractivity (Wildman–Crippen MR) is 80.8 cm³/mol. The van der Waals surface area contributed by atoms with Crippen molar-refractivity contribution in [3.63, 3.8) is 0 Å². The van der Waals surface area contributed by atoms with Crippen LogP contribution in [0.15, 0.2) is 6.33 Å². The summed E-state index contributed by atoms with van der Waals surface area (Å²) < 4.78 is 5.05. The van der Waals surface area contributed by atoms with E-state index in [-0.39, 0.29) is 17.9 Å². The summed E-state index contributed by atoms with van der Waals surface area (Å²) in [6.07, 6.45) is 3.56. The molecule has 118 valence electrons. The van der Waals surface area contributed by atoms with Crippen LogP contribution in [0.25, 0.3) is 0 Å². The molecule has 2 heterocycles.